The van der Waals surface area contributed by atoms with Crippen LogP contribution < -0.4 is 5.32 Å². The third-order valence-corrected chi connectivity index (χ3v) is 6.61. The molecular formula is C20H24N2O. The van der Waals surface area contributed by atoms with Crippen molar-refractivity contribution >= 4 is 5.91 Å². The molecule has 4 fully saturated rings. The molecule has 4 aliphatic carbocycles. The first-order chi connectivity index (χ1) is 11.1. The second kappa shape index (κ2) is 5.37. The number of hydrogen-bond donors (Lipinski definition) is 1. The van der Waals surface area contributed by atoms with Gasteiger partial charge in [-0.2, -0.15) is 5.26 Å². The predicted octanol–water partition coefficient (Wildman–Crippen LogP) is 3.89. The molecule has 5 rings (SSSR count). The summed E-state index contributed by atoms with van der Waals surface area (Å²) in [6.07, 6.45) is 8.13. The average molecular weight is 308 g/mol. The number of amides is 1. The van der Waals surface area contributed by atoms with Crippen molar-refractivity contribution in [3.63, 3.8) is 0 Å². The van der Waals surface area contributed by atoms with E-state index in [1.54, 1.807) is 24.3 Å². The lowest BCUT2D eigenvalue weighted by atomic mass is 9.48. The van der Waals surface area contributed by atoms with Crippen LogP contribution in [0.15, 0.2) is 24.3 Å². The van der Waals surface area contributed by atoms with Crippen molar-refractivity contribution in [3.8, 4) is 6.07 Å². The molecule has 4 saturated carbocycles. The third kappa shape index (κ3) is 2.55. The van der Waals surface area contributed by atoms with Crippen LogP contribution >= 0.6 is 0 Å². The fraction of sp³-hybridized carbons (Fsp3) is 0.600. The normalized spacial score (nSPS) is 35.6. The van der Waals surface area contributed by atoms with Crippen LogP contribution in [0.25, 0.3) is 0 Å². The molecule has 1 aromatic carbocycles. The van der Waals surface area contributed by atoms with Crippen LogP contribution in [0.3, 0.4) is 0 Å². The zero-order valence-corrected chi connectivity index (χ0v) is 13.7. The van der Waals surface area contributed by atoms with Crippen molar-refractivity contribution in [2.45, 2.75) is 51.5 Å². The highest BCUT2D eigenvalue weighted by atomic mass is 16.1. The molecule has 1 aromatic rings. The summed E-state index contributed by atoms with van der Waals surface area (Å²) in [5.41, 5.74) is 1.46. The number of carbonyl (C=O) groups is 1. The smallest absolute Gasteiger partial charge is 0.251 e. The number of carbonyl (C=O) groups excluding carboxylic acids is 1. The summed E-state index contributed by atoms with van der Waals surface area (Å²) < 4.78 is 0. The van der Waals surface area contributed by atoms with E-state index in [2.05, 4.69) is 18.3 Å². The Bertz CT molecular complexity index is 637. The van der Waals surface area contributed by atoms with Crippen LogP contribution in [0.1, 0.15) is 61.4 Å². The molecule has 0 spiro atoms. The van der Waals surface area contributed by atoms with E-state index >= 15 is 0 Å². The first-order valence-electron chi connectivity index (χ1n) is 8.89. The zero-order chi connectivity index (χ0) is 16.0. The maximum atomic E-state index is 12.6. The maximum Gasteiger partial charge on any atom is 0.251 e. The third-order valence-electron chi connectivity index (χ3n) is 6.61. The van der Waals surface area contributed by atoms with Crippen molar-refractivity contribution in [1.29, 1.82) is 5.26 Å². The SMILES string of the molecule is C[C@@H](NC(=O)c1cccc(C#N)c1)C12CC3CC(CC(C3)C1)C2. The Hall–Kier alpha value is -1.82. The van der Waals surface area contributed by atoms with Crippen molar-refractivity contribution in [3.05, 3.63) is 35.4 Å². The summed E-state index contributed by atoms with van der Waals surface area (Å²) in [5, 5.41) is 12.3. The van der Waals surface area contributed by atoms with Crippen LogP contribution in [0.2, 0.25) is 0 Å². The Morgan fingerprint density at radius 3 is 2.39 bits per heavy atom. The van der Waals surface area contributed by atoms with Crippen molar-refractivity contribution in [2.75, 3.05) is 0 Å². The van der Waals surface area contributed by atoms with Gasteiger partial charge in [-0.15, -0.1) is 0 Å². The molecule has 120 valence electrons. The molecule has 3 nitrogen and oxygen atoms in total. The topological polar surface area (TPSA) is 52.9 Å². The van der Waals surface area contributed by atoms with Crippen LogP contribution in [0.5, 0.6) is 0 Å². The van der Waals surface area contributed by atoms with E-state index in [-0.39, 0.29) is 11.9 Å². The molecular weight excluding hydrogens is 284 g/mol. The van der Waals surface area contributed by atoms with Crippen molar-refractivity contribution < 1.29 is 4.79 Å². The minimum Gasteiger partial charge on any atom is -0.349 e. The van der Waals surface area contributed by atoms with Gasteiger partial charge in [0.05, 0.1) is 11.6 Å². The Morgan fingerprint density at radius 2 is 1.83 bits per heavy atom. The molecule has 0 aliphatic heterocycles. The highest BCUT2D eigenvalue weighted by Crippen LogP contribution is 2.61. The molecule has 1 atom stereocenters. The summed E-state index contributed by atoms with van der Waals surface area (Å²) in [6.45, 7) is 2.19. The van der Waals surface area contributed by atoms with Gasteiger partial charge in [0.15, 0.2) is 0 Å². The second-order valence-corrected chi connectivity index (χ2v) is 8.17. The van der Waals surface area contributed by atoms with Crippen molar-refractivity contribution in [2.24, 2.45) is 23.2 Å². The lowest BCUT2D eigenvalue weighted by molar-refractivity contribution is -0.0688. The minimum atomic E-state index is -0.0367. The molecule has 1 amide bonds. The summed E-state index contributed by atoms with van der Waals surface area (Å²) in [6, 6.07) is 9.31. The minimum absolute atomic E-state index is 0.0367. The summed E-state index contributed by atoms with van der Waals surface area (Å²) in [5.74, 6) is 2.64. The van der Waals surface area contributed by atoms with E-state index in [1.807, 2.05) is 0 Å². The molecule has 3 heteroatoms. The fourth-order valence-electron chi connectivity index (χ4n) is 5.87. The van der Waals surface area contributed by atoms with Gasteiger partial charge in [0.1, 0.15) is 0 Å². The van der Waals surface area contributed by atoms with E-state index in [1.165, 1.54) is 38.5 Å². The van der Waals surface area contributed by atoms with E-state index < -0.39 is 0 Å². The van der Waals surface area contributed by atoms with Gasteiger partial charge >= 0.3 is 0 Å². The monoisotopic (exact) mass is 308 g/mol. The number of nitrogens with zero attached hydrogens (tertiary/aromatic N) is 1. The standard InChI is InChI=1S/C20H24N2O/c1-13(22-19(23)18-4-2-3-14(8-18)12-21)20-9-15-5-16(10-20)7-17(6-15)11-20/h2-4,8,13,15-17H,5-7,9-11H2,1H3,(H,22,23)/t13-,15?,16?,17?,20?/m1/s1. The molecule has 4 bridgehead atoms. The number of benzene rings is 1. The Kier molecular flexibility index (Phi) is 3.44. The van der Waals surface area contributed by atoms with Gasteiger partial charge in [-0.1, -0.05) is 6.07 Å². The Morgan fingerprint density at radius 1 is 1.22 bits per heavy atom. The Balaban J connectivity index is 1.50. The van der Waals surface area contributed by atoms with Gasteiger partial charge in [0.2, 0.25) is 0 Å². The molecule has 4 aliphatic rings. The molecule has 0 heterocycles. The first-order valence-corrected chi connectivity index (χ1v) is 8.89. The highest BCUT2D eigenvalue weighted by molar-refractivity contribution is 5.94. The molecule has 1 N–H and O–H groups in total. The second-order valence-electron chi connectivity index (χ2n) is 8.17. The summed E-state index contributed by atoms with van der Waals surface area (Å²) in [7, 11) is 0. The molecule has 0 aromatic heterocycles. The van der Waals surface area contributed by atoms with Gasteiger partial charge in [-0.25, -0.2) is 0 Å². The predicted molar refractivity (Wildman–Crippen MR) is 88.7 cm³/mol. The molecule has 23 heavy (non-hydrogen) atoms. The number of nitrogens with one attached hydrogen (secondary N) is 1. The lowest BCUT2D eigenvalue weighted by Gasteiger charge is -2.59. The van der Waals surface area contributed by atoms with Crippen LogP contribution in [0, 0.1) is 34.5 Å². The largest absolute Gasteiger partial charge is 0.349 e. The van der Waals surface area contributed by atoms with Crippen molar-refractivity contribution in [1.82, 2.24) is 5.32 Å². The first kappa shape index (κ1) is 14.8. The van der Waals surface area contributed by atoms with Crippen LogP contribution in [-0.2, 0) is 0 Å². The van der Waals surface area contributed by atoms with Crippen LogP contribution in [0.4, 0.5) is 0 Å². The molecule has 0 saturated heterocycles. The van der Waals surface area contributed by atoms with E-state index in [0.717, 1.165) is 17.8 Å². The lowest BCUT2D eigenvalue weighted by Crippen LogP contribution is -2.55. The van der Waals surface area contributed by atoms with Gasteiger partial charge in [0, 0.05) is 11.6 Å². The quantitative estimate of drug-likeness (QED) is 0.921. The van der Waals surface area contributed by atoms with Gasteiger partial charge < -0.3 is 5.32 Å². The summed E-state index contributed by atoms with van der Waals surface area (Å²) >= 11 is 0. The maximum absolute atomic E-state index is 12.6. The number of nitriles is 1. The number of rotatable bonds is 3. The Labute approximate surface area is 138 Å². The fourth-order valence-corrected chi connectivity index (χ4v) is 5.87. The van der Waals surface area contributed by atoms with E-state index in [4.69, 9.17) is 5.26 Å². The zero-order valence-electron chi connectivity index (χ0n) is 13.7. The number of hydrogen-bond acceptors (Lipinski definition) is 2. The van der Waals surface area contributed by atoms with Crippen LogP contribution in [-0.4, -0.2) is 11.9 Å². The van der Waals surface area contributed by atoms with E-state index in [0.29, 0.717) is 16.5 Å². The van der Waals surface area contributed by atoms with Gasteiger partial charge in [0.25, 0.3) is 5.91 Å². The van der Waals surface area contributed by atoms with Gasteiger partial charge in [-0.3, -0.25) is 4.79 Å². The summed E-state index contributed by atoms with van der Waals surface area (Å²) in [4.78, 5) is 12.6. The molecule has 0 unspecified atom stereocenters. The average Bonchev–Trinajstić information content (AvgIpc) is 2.53. The van der Waals surface area contributed by atoms with Gasteiger partial charge in [-0.05, 0) is 86.8 Å². The highest BCUT2D eigenvalue weighted by Gasteiger charge is 2.53. The van der Waals surface area contributed by atoms with E-state index in [9.17, 15) is 4.79 Å². The molecule has 0 radical (unpaired) electrons.